The number of anilines is 1. The maximum Gasteiger partial charge on any atom is 0.255 e. The Labute approximate surface area is 159 Å². The summed E-state index contributed by atoms with van der Waals surface area (Å²) in [6.45, 7) is 1.71. The Morgan fingerprint density at radius 1 is 1.07 bits per heavy atom. The summed E-state index contributed by atoms with van der Waals surface area (Å²) < 4.78 is 0. The second-order valence-corrected chi connectivity index (χ2v) is 7.84. The molecule has 1 saturated heterocycles. The lowest BCUT2D eigenvalue weighted by Crippen LogP contribution is -2.33. The van der Waals surface area contributed by atoms with Crippen LogP contribution in [-0.2, 0) is 0 Å². The number of para-hydroxylation sites is 1. The number of fused-ring (bicyclic) bond motifs is 3. The molecule has 2 aromatic rings. The number of rotatable bonds is 2. The summed E-state index contributed by atoms with van der Waals surface area (Å²) >= 11 is 0. The van der Waals surface area contributed by atoms with Crippen LogP contribution in [0.2, 0.25) is 0 Å². The maximum absolute atomic E-state index is 13.1. The summed E-state index contributed by atoms with van der Waals surface area (Å²) in [4.78, 5) is 15.1. The lowest BCUT2D eigenvalue weighted by Gasteiger charge is -2.38. The number of carbonyl (C=O) groups excluding carboxylic acids is 1. The van der Waals surface area contributed by atoms with Crippen LogP contribution in [0.1, 0.15) is 52.7 Å². The van der Waals surface area contributed by atoms with Crippen LogP contribution >= 0.6 is 0 Å². The number of aromatic hydroxyl groups is 1. The summed E-state index contributed by atoms with van der Waals surface area (Å²) in [7, 11) is 0. The average molecular weight is 360 g/mol. The van der Waals surface area contributed by atoms with Gasteiger partial charge in [-0.2, -0.15) is 0 Å². The molecule has 1 amide bonds. The van der Waals surface area contributed by atoms with Crippen LogP contribution in [0.3, 0.4) is 0 Å². The molecule has 4 nitrogen and oxygen atoms in total. The lowest BCUT2D eigenvalue weighted by atomic mass is 9.76. The normalized spacial score (nSPS) is 25.8. The van der Waals surface area contributed by atoms with E-state index in [4.69, 9.17) is 0 Å². The van der Waals surface area contributed by atoms with Gasteiger partial charge in [-0.1, -0.05) is 36.4 Å². The van der Waals surface area contributed by atoms with Gasteiger partial charge in [0.05, 0.1) is 17.3 Å². The van der Waals surface area contributed by atoms with Crippen molar-refractivity contribution in [1.29, 1.82) is 0 Å². The molecular formula is C23H24N2O2. The molecule has 2 aromatic carbocycles. The van der Waals surface area contributed by atoms with E-state index in [9.17, 15) is 9.90 Å². The van der Waals surface area contributed by atoms with Gasteiger partial charge in [0.2, 0.25) is 0 Å². The molecule has 5 rings (SSSR count). The summed E-state index contributed by atoms with van der Waals surface area (Å²) in [5.41, 5.74) is 4.16. The number of hydrogen-bond acceptors (Lipinski definition) is 3. The second kappa shape index (κ2) is 6.45. The van der Waals surface area contributed by atoms with Gasteiger partial charge in [0, 0.05) is 19.0 Å². The van der Waals surface area contributed by atoms with E-state index in [2.05, 4.69) is 23.5 Å². The van der Waals surface area contributed by atoms with Crippen molar-refractivity contribution in [2.24, 2.45) is 5.92 Å². The van der Waals surface area contributed by atoms with Crippen LogP contribution in [0.4, 0.5) is 5.69 Å². The minimum atomic E-state index is 0.130. The second-order valence-electron chi connectivity index (χ2n) is 7.84. The largest absolute Gasteiger partial charge is 0.508 e. The lowest BCUT2D eigenvalue weighted by molar-refractivity contribution is 0.0793. The van der Waals surface area contributed by atoms with Crippen molar-refractivity contribution in [3.05, 3.63) is 71.3 Å². The third-order valence-corrected chi connectivity index (χ3v) is 6.27. The van der Waals surface area contributed by atoms with E-state index in [0.717, 1.165) is 49.2 Å². The molecule has 27 heavy (non-hydrogen) atoms. The first kappa shape index (κ1) is 16.4. The van der Waals surface area contributed by atoms with Crippen molar-refractivity contribution in [3.63, 3.8) is 0 Å². The molecule has 0 saturated carbocycles. The summed E-state index contributed by atoms with van der Waals surface area (Å²) in [5.74, 6) is 1.17. The van der Waals surface area contributed by atoms with Gasteiger partial charge in [0.1, 0.15) is 5.75 Å². The molecule has 138 valence electrons. The van der Waals surface area contributed by atoms with Crippen LogP contribution in [0, 0.1) is 5.92 Å². The number of likely N-dealkylation sites (tertiary alicyclic amines) is 1. The zero-order chi connectivity index (χ0) is 18.4. The van der Waals surface area contributed by atoms with Gasteiger partial charge in [-0.05, 0) is 54.5 Å². The van der Waals surface area contributed by atoms with E-state index in [1.54, 1.807) is 12.1 Å². The van der Waals surface area contributed by atoms with Crippen LogP contribution < -0.4 is 5.32 Å². The number of benzene rings is 2. The van der Waals surface area contributed by atoms with E-state index in [-0.39, 0.29) is 17.7 Å². The highest BCUT2D eigenvalue weighted by Gasteiger charge is 2.39. The van der Waals surface area contributed by atoms with Crippen molar-refractivity contribution < 1.29 is 9.90 Å². The topological polar surface area (TPSA) is 52.6 Å². The first-order valence-electron chi connectivity index (χ1n) is 9.87. The SMILES string of the molecule is O=C(c1cccc2c1NC(c1ccc(O)cc1)C1CC=CC21)N1CCCC1. The van der Waals surface area contributed by atoms with Gasteiger partial charge < -0.3 is 15.3 Å². The molecule has 3 atom stereocenters. The van der Waals surface area contributed by atoms with Crippen molar-refractivity contribution in [3.8, 4) is 5.75 Å². The van der Waals surface area contributed by atoms with Crippen LogP contribution in [0.5, 0.6) is 5.75 Å². The quantitative estimate of drug-likeness (QED) is 0.778. The molecule has 0 aromatic heterocycles. The van der Waals surface area contributed by atoms with Gasteiger partial charge in [-0.25, -0.2) is 0 Å². The summed E-state index contributed by atoms with van der Waals surface area (Å²) in [6, 6.07) is 13.7. The van der Waals surface area contributed by atoms with E-state index < -0.39 is 0 Å². The Bertz CT molecular complexity index is 897. The number of nitrogens with one attached hydrogen (secondary N) is 1. The Morgan fingerprint density at radius 2 is 1.85 bits per heavy atom. The fraction of sp³-hybridized carbons (Fsp3) is 0.348. The molecule has 4 heteroatoms. The van der Waals surface area contributed by atoms with Gasteiger partial charge in [0.25, 0.3) is 5.91 Å². The third-order valence-electron chi connectivity index (χ3n) is 6.27. The minimum absolute atomic E-state index is 0.130. The number of carbonyl (C=O) groups is 1. The highest BCUT2D eigenvalue weighted by atomic mass is 16.3. The summed E-state index contributed by atoms with van der Waals surface area (Å²) in [6.07, 6.45) is 7.76. The van der Waals surface area contributed by atoms with Gasteiger partial charge >= 0.3 is 0 Å². The molecule has 1 fully saturated rings. The first-order chi connectivity index (χ1) is 13.2. The van der Waals surface area contributed by atoms with Crippen molar-refractivity contribution in [1.82, 2.24) is 4.90 Å². The molecular weight excluding hydrogens is 336 g/mol. The van der Waals surface area contributed by atoms with Crippen LogP contribution in [-0.4, -0.2) is 29.0 Å². The maximum atomic E-state index is 13.1. The standard InChI is InChI=1S/C23H24N2O2/c26-16-11-9-15(10-12-16)21-18-6-3-5-17(18)19-7-4-8-20(22(19)24-21)23(27)25-13-1-2-14-25/h3-5,7-12,17-18,21,24,26H,1-2,6,13-14H2. The first-order valence-corrected chi connectivity index (χ1v) is 9.87. The number of amides is 1. The Morgan fingerprint density at radius 3 is 2.63 bits per heavy atom. The average Bonchev–Trinajstić information content (AvgIpc) is 3.39. The van der Waals surface area contributed by atoms with Gasteiger partial charge in [0.15, 0.2) is 0 Å². The molecule has 2 heterocycles. The highest BCUT2D eigenvalue weighted by Crippen LogP contribution is 2.50. The minimum Gasteiger partial charge on any atom is -0.508 e. The zero-order valence-electron chi connectivity index (χ0n) is 15.3. The Hall–Kier alpha value is -2.75. The molecule has 0 radical (unpaired) electrons. The molecule has 0 spiro atoms. The number of allylic oxidation sites excluding steroid dienone is 2. The molecule has 0 bridgehead atoms. The number of phenolic OH excluding ortho intramolecular Hbond substituents is 1. The Kier molecular flexibility index (Phi) is 3.92. The molecule has 3 unspecified atom stereocenters. The van der Waals surface area contributed by atoms with E-state index >= 15 is 0 Å². The molecule has 1 aliphatic carbocycles. The van der Waals surface area contributed by atoms with Crippen molar-refractivity contribution >= 4 is 11.6 Å². The highest BCUT2D eigenvalue weighted by molar-refractivity contribution is 6.01. The number of phenols is 1. The van der Waals surface area contributed by atoms with Gasteiger partial charge in [-0.15, -0.1) is 0 Å². The predicted octanol–water partition coefficient (Wildman–Crippen LogP) is 4.45. The Balaban J connectivity index is 1.57. The fourth-order valence-corrected chi connectivity index (χ4v) is 4.90. The third kappa shape index (κ3) is 2.71. The number of nitrogens with zero attached hydrogens (tertiary/aromatic N) is 1. The summed E-state index contributed by atoms with van der Waals surface area (Å²) in [5, 5.41) is 13.4. The predicted molar refractivity (Wildman–Crippen MR) is 106 cm³/mol. The molecule has 2 aliphatic heterocycles. The van der Waals surface area contributed by atoms with Crippen LogP contribution in [0.15, 0.2) is 54.6 Å². The molecule has 2 N–H and O–H groups in total. The van der Waals surface area contributed by atoms with Crippen molar-refractivity contribution in [2.45, 2.75) is 31.2 Å². The van der Waals surface area contributed by atoms with E-state index in [1.165, 1.54) is 5.56 Å². The zero-order valence-corrected chi connectivity index (χ0v) is 15.3. The monoisotopic (exact) mass is 360 g/mol. The van der Waals surface area contributed by atoms with E-state index in [1.807, 2.05) is 29.2 Å². The molecule has 3 aliphatic rings. The van der Waals surface area contributed by atoms with Crippen LogP contribution in [0.25, 0.3) is 0 Å². The number of hydrogen-bond donors (Lipinski definition) is 2. The van der Waals surface area contributed by atoms with Gasteiger partial charge in [-0.3, -0.25) is 4.79 Å². The van der Waals surface area contributed by atoms with Crippen molar-refractivity contribution in [2.75, 3.05) is 18.4 Å². The van der Waals surface area contributed by atoms with E-state index in [0.29, 0.717) is 11.8 Å². The smallest absolute Gasteiger partial charge is 0.255 e. The fourth-order valence-electron chi connectivity index (χ4n) is 4.90.